The van der Waals surface area contributed by atoms with E-state index in [1.165, 1.54) is 0 Å². The largest absolute Gasteiger partial charge is 0.393 e. The molecule has 112 valence electrons. The molecule has 0 aromatic heterocycles. The van der Waals surface area contributed by atoms with Crippen molar-refractivity contribution in [2.75, 3.05) is 26.2 Å². The third kappa shape index (κ3) is 2.68. The van der Waals surface area contributed by atoms with Crippen LogP contribution in [0.4, 0.5) is 0 Å². The van der Waals surface area contributed by atoms with E-state index in [1.807, 2.05) is 4.90 Å². The smallest absolute Gasteiger partial charge is 0.242 e. The lowest BCUT2D eigenvalue weighted by Gasteiger charge is -2.24. The van der Waals surface area contributed by atoms with Gasteiger partial charge in [-0.25, -0.2) is 0 Å². The van der Waals surface area contributed by atoms with Crippen molar-refractivity contribution in [1.29, 1.82) is 0 Å². The van der Waals surface area contributed by atoms with Gasteiger partial charge in [-0.15, -0.1) is 0 Å². The van der Waals surface area contributed by atoms with E-state index in [0.29, 0.717) is 25.4 Å². The molecule has 5 nitrogen and oxygen atoms in total. The van der Waals surface area contributed by atoms with Crippen LogP contribution in [-0.4, -0.2) is 59.0 Å². The highest BCUT2D eigenvalue weighted by atomic mass is 16.3. The topological polar surface area (TPSA) is 60.9 Å². The van der Waals surface area contributed by atoms with Crippen molar-refractivity contribution < 1.29 is 14.7 Å². The van der Waals surface area contributed by atoms with Gasteiger partial charge in [0, 0.05) is 32.0 Å². The Hall–Kier alpha value is -1.10. The third-order valence-corrected chi connectivity index (χ3v) is 5.17. The Labute approximate surface area is 119 Å². The number of aliphatic hydroxyl groups is 1. The zero-order valence-corrected chi connectivity index (χ0v) is 12.0. The predicted molar refractivity (Wildman–Crippen MR) is 73.8 cm³/mol. The summed E-state index contributed by atoms with van der Waals surface area (Å²) in [7, 11) is 0. The molecule has 3 fully saturated rings. The monoisotopic (exact) mass is 280 g/mol. The first-order valence-electron chi connectivity index (χ1n) is 7.89. The minimum absolute atomic E-state index is 0.0573. The third-order valence-electron chi connectivity index (χ3n) is 5.17. The number of amides is 2. The molecule has 2 aliphatic heterocycles. The molecule has 0 bridgehead atoms. The van der Waals surface area contributed by atoms with Gasteiger partial charge in [-0.2, -0.15) is 0 Å². The van der Waals surface area contributed by atoms with Gasteiger partial charge in [-0.05, 0) is 31.6 Å². The molecule has 0 aromatic rings. The molecule has 3 atom stereocenters. The number of rotatable bonds is 2. The normalized spacial score (nSPS) is 34.2. The van der Waals surface area contributed by atoms with E-state index >= 15 is 0 Å². The van der Waals surface area contributed by atoms with Gasteiger partial charge in [0.25, 0.3) is 0 Å². The lowest BCUT2D eigenvalue weighted by molar-refractivity contribution is -0.139. The summed E-state index contributed by atoms with van der Waals surface area (Å²) in [6.45, 7) is 2.39. The maximum absolute atomic E-state index is 12.4. The fourth-order valence-corrected chi connectivity index (χ4v) is 3.91. The number of aliphatic hydroxyl groups excluding tert-OH is 1. The Kier molecular flexibility index (Phi) is 3.96. The predicted octanol–water partition coefficient (Wildman–Crippen LogP) is 0.618. The Bertz CT molecular complexity index is 399. The number of hydrogen-bond acceptors (Lipinski definition) is 3. The highest BCUT2D eigenvalue weighted by Crippen LogP contribution is 2.38. The Morgan fingerprint density at radius 3 is 2.85 bits per heavy atom. The van der Waals surface area contributed by atoms with E-state index in [-0.39, 0.29) is 30.4 Å². The summed E-state index contributed by atoms with van der Waals surface area (Å²) in [5.74, 6) is 0.907. The second-order valence-electron chi connectivity index (χ2n) is 6.49. The molecule has 2 saturated heterocycles. The van der Waals surface area contributed by atoms with Crippen LogP contribution in [0.3, 0.4) is 0 Å². The van der Waals surface area contributed by atoms with Gasteiger partial charge in [0.2, 0.25) is 11.8 Å². The van der Waals surface area contributed by atoms with Gasteiger partial charge in [0.05, 0.1) is 12.6 Å². The summed E-state index contributed by atoms with van der Waals surface area (Å²) in [6, 6.07) is 0. The van der Waals surface area contributed by atoms with Crippen molar-refractivity contribution in [3.63, 3.8) is 0 Å². The van der Waals surface area contributed by atoms with E-state index in [1.54, 1.807) is 4.90 Å². The van der Waals surface area contributed by atoms with E-state index in [4.69, 9.17) is 0 Å². The fraction of sp³-hybridized carbons (Fsp3) is 0.867. The van der Waals surface area contributed by atoms with Gasteiger partial charge in [0.15, 0.2) is 0 Å². The molecule has 0 radical (unpaired) electrons. The van der Waals surface area contributed by atoms with Gasteiger partial charge in [-0.3, -0.25) is 9.59 Å². The van der Waals surface area contributed by atoms with Crippen LogP contribution in [-0.2, 0) is 9.59 Å². The lowest BCUT2D eigenvalue weighted by Crippen LogP contribution is -2.42. The first-order valence-corrected chi connectivity index (χ1v) is 7.89. The van der Waals surface area contributed by atoms with Crippen molar-refractivity contribution >= 4 is 11.8 Å². The summed E-state index contributed by atoms with van der Waals surface area (Å²) < 4.78 is 0. The molecule has 20 heavy (non-hydrogen) atoms. The van der Waals surface area contributed by atoms with E-state index in [2.05, 4.69) is 0 Å². The number of hydrogen-bond donors (Lipinski definition) is 1. The standard InChI is InChI=1S/C15H24N2O3/c18-13-6-5-11-8-17(9-12(11)13)15(20)10-16-7-3-1-2-4-14(16)19/h11-13,18H,1-10H2. The van der Waals surface area contributed by atoms with Crippen molar-refractivity contribution in [3.05, 3.63) is 0 Å². The van der Waals surface area contributed by atoms with Crippen LogP contribution in [0.5, 0.6) is 0 Å². The maximum Gasteiger partial charge on any atom is 0.242 e. The molecule has 0 aromatic carbocycles. The second kappa shape index (κ2) is 5.72. The summed E-state index contributed by atoms with van der Waals surface area (Å²) in [5, 5.41) is 9.90. The summed E-state index contributed by atoms with van der Waals surface area (Å²) in [5.41, 5.74) is 0. The second-order valence-corrected chi connectivity index (χ2v) is 6.49. The molecule has 2 amide bonds. The number of carbonyl (C=O) groups excluding carboxylic acids is 2. The molecule has 0 spiro atoms. The van der Waals surface area contributed by atoms with Crippen LogP contribution in [0, 0.1) is 11.8 Å². The molecular weight excluding hydrogens is 256 g/mol. The highest BCUT2D eigenvalue weighted by molar-refractivity contribution is 5.85. The molecule has 3 unspecified atom stereocenters. The fourth-order valence-electron chi connectivity index (χ4n) is 3.91. The number of carbonyl (C=O) groups is 2. The Morgan fingerprint density at radius 1 is 1.20 bits per heavy atom. The van der Waals surface area contributed by atoms with E-state index < -0.39 is 0 Å². The minimum Gasteiger partial charge on any atom is -0.393 e. The number of nitrogens with zero attached hydrogens (tertiary/aromatic N) is 2. The van der Waals surface area contributed by atoms with E-state index in [0.717, 1.165) is 38.6 Å². The van der Waals surface area contributed by atoms with Gasteiger partial charge in [0.1, 0.15) is 0 Å². The summed E-state index contributed by atoms with van der Waals surface area (Å²) in [6.07, 6.45) is 5.28. The van der Waals surface area contributed by atoms with Crippen molar-refractivity contribution in [1.82, 2.24) is 9.80 Å². The van der Waals surface area contributed by atoms with Crippen LogP contribution in [0.25, 0.3) is 0 Å². The molecular formula is C15H24N2O3. The Morgan fingerprint density at radius 2 is 2.05 bits per heavy atom. The van der Waals surface area contributed by atoms with Crippen molar-refractivity contribution in [3.8, 4) is 0 Å². The number of likely N-dealkylation sites (tertiary alicyclic amines) is 2. The minimum atomic E-state index is -0.238. The molecule has 5 heteroatoms. The van der Waals surface area contributed by atoms with Crippen molar-refractivity contribution in [2.45, 2.75) is 44.6 Å². The average Bonchev–Trinajstić information content (AvgIpc) is 2.93. The van der Waals surface area contributed by atoms with Crippen LogP contribution in [0.15, 0.2) is 0 Å². The SMILES string of the molecule is O=C1CCCCCN1CC(=O)N1CC2CCC(O)C2C1. The average molecular weight is 280 g/mol. The summed E-state index contributed by atoms with van der Waals surface area (Å²) in [4.78, 5) is 27.9. The van der Waals surface area contributed by atoms with Gasteiger partial charge in [-0.1, -0.05) is 6.42 Å². The highest BCUT2D eigenvalue weighted by Gasteiger charge is 2.43. The molecule has 3 rings (SSSR count). The van der Waals surface area contributed by atoms with Crippen molar-refractivity contribution in [2.24, 2.45) is 11.8 Å². The first-order chi connectivity index (χ1) is 9.65. The maximum atomic E-state index is 12.4. The quantitative estimate of drug-likeness (QED) is 0.806. The van der Waals surface area contributed by atoms with Crippen LogP contribution < -0.4 is 0 Å². The first kappa shape index (κ1) is 13.9. The van der Waals surface area contributed by atoms with Crippen LogP contribution in [0.1, 0.15) is 38.5 Å². The molecule has 2 heterocycles. The number of fused-ring (bicyclic) bond motifs is 1. The zero-order valence-electron chi connectivity index (χ0n) is 12.0. The molecule has 1 N–H and O–H groups in total. The summed E-state index contributed by atoms with van der Waals surface area (Å²) >= 11 is 0. The van der Waals surface area contributed by atoms with Crippen LogP contribution >= 0.6 is 0 Å². The molecule has 1 saturated carbocycles. The van der Waals surface area contributed by atoms with Crippen LogP contribution in [0.2, 0.25) is 0 Å². The zero-order chi connectivity index (χ0) is 14.1. The molecule has 3 aliphatic rings. The lowest BCUT2D eigenvalue weighted by atomic mass is 10.00. The van der Waals surface area contributed by atoms with Gasteiger partial charge >= 0.3 is 0 Å². The Balaban J connectivity index is 1.56. The van der Waals surface area contributed by atoms with Gasteiger partial charge < -0.3 is 14.9 Å². The van der Waals surface area contributed by atoms with E-state index in [9.17, 15) is 14.7 Å². The molecule has 1 aliphatic carbocycles.